The lowest BCUT2D eigenvalue weighted by atomic mass is 10.2. The summed E-state index contributed by atoms with van der Waals surface area (Å²) in [7, 11) is 0. The summed E-state index contributed by atoms with van der Waals surface area (Å²) in [5, 5.41) is 3.37. The number of oxazole rings is 1. The molecule has 1 atom stereocenters. The second-order valence-corrected chi connectivity index (χ2v) is 5.17. The lowest BCUT2D eigenvalue weighted by Crippen LogP contribution is -2.49. The van der Waals surface area contributed by atoms with Gasteiger partial charge in [0.15, 0.2) is 0 Å². The minimum atomic E-state index is -0.254. The first-order valence-corrected chi connectivity index (χ1v) is 6.87. The van der Waals surface area contributed by atoms with Crippen LogP contribution in [0.1, 0.15) is 12.6 Å². The minimum Gasteiger partial charge on any atom is -0.444 e. The maximum absolute atomic E-state index is 12.9. The van der Waals surface area contributed by atoms with Crippen molar-refractivity contribution in [3.8, 4) is 11.5 Å². The number of piperazine rings is 1. The third kappa shape index (κ3) is 3.81. The molecule has 1 aromatic carbocycles. The van der Waals surface area contributed by atoms with Gasteiger partial charge in [-0.3, -0.25) is 4.90 Å². The van der Waals surface area contributed by atoms with Gasteiger partial charge in [-0.05, 0) is 31.2 Å². The molecule has 0 saturated carbocycles. The zero-order chi connectivity index (χ0) is 13.9. The van der Waals surface area contributed by atoms with Gasteiger partial charge >= 0.3 is 0 Å². The molecule has 114 valence electrons. The van der Waals surface area contributed by atoms with Crippen LogP contribution in [0.25, 0.3) is 11.5 Å². The van der Waals surface area contributed by atoms with Gasteiger partial charge in [0.05, 0.1) is 5.69 Å². The summed E-state index contributed by atoms with van der Waals surface area (Å²) in [5.74, 6) is 0.290. The van der Waals surface area contributed by atoms with Gasteiger partial charge in [-0.25, -0.2) is 9.37 Å². The molecule has 21 heavy (non-hydrogen) atoms. The zero-order valence-corrected chi connectivity index (χ0v) is 12.7. The van der Waals surface area contributed by atoms with Crippen molar-refractivity contribution in [2.24, 2.45) is 0 Å². The first kappa shape index (κ1) is 15.9. The molecule has 6 heteroatoms. The second-order valence-electron chi connectivity index (χ2n) is 5.17. The Morgan fingerprint density at radius 1 is 1.38 bits per heavy atom. The summed E-state index contributed by atoms with van der Waals surface area (Å²) in [6.45, 7) is 6.01. The van der Waals surface area contributed by atoms with E-state index in [0.717, 1.165) is 37.4 Å². The van der Waals surface area contributed by atoms with Crippen LogP contribution in [0.3, 0.4) is 0 Å². The van der Waals surface area contributed by atoms with Crippen molar-refractivity contribution in [1.82, 2.24) is 15.2 Å². The average molecular weight is 312 g/mol. The Morgan fingerprint density at radius 2 is 2.14 bits per heavy atom. The van der Waals surface area contributed by atoms with E-state index in [9.17, 15) is 4.39 Å². The van der Waals surface area contributed by atoms with E-state index in [1.165, 1.54) is 12.1 Å². The van der Waals surface area contributed by atoms with E-state index in [1.54, 1.807) is 18.4 Å². The maximum Gasteiger partial charge on any atom is 0.226 e. The third-order valence-corrected chi connectivity index (χ3v) is 3.65. The number of hydrogen-bond acceptors (Lipinski definition) is 4. The van der Waals surface area contributed by atoms with Gasteiger partial charge in [-0.2, -0.15) is 0 Å². The number of nitrogens with one attached hydrogen (secondary N) is 1. The quantitative estimate of drug-likeness (QED) is 0.946. The van der Waals surface area contributed by atoms with Gasteiger partial charge in [-0.1, -0.05) is 0 Å². The fourth-order valence-electron chi connectivity index (χ4n) is 2.43. The van der Waals surface area contributed by atoms with E-state index in [-0.39, 0.29) is 18.2 Å². The Kier molecular flexibility index (Phi) is 5.33. The van der Waals surface area contributed by atoms with Crippen molar-refractivity contribution >= 4 is 12.4 Å². The predicted molar refractivity (Wildman–Crippen MR) is 81.9 cm³/mol. The Labute approximate surface area is 129 Å². The highest BCUT2D eigenvalue weighted by molar-refractivity contribution is 5.85. The second kappa shape index (κ2) is 7.02. The molecule has 0 unspecified atom stereocenters. The largest absolute Gasteiger partial charge is 0.444 e. The maximum atomic E-state index is 12.9. The number of halogens is 2. The average Bonchev–Trinajstić information content (AvgIpc) is 2.91. The van der Waals surface area contributed by atoms with E-state index in [0.29, 0.717) is 11.9 Å². The smallest absolute Gasteiger partial charge is 0.226 e. The monoisotopic (exact) mass is 311 g/mol. The van der Waals surface area contributed by atoms with Gasteiger partial charge in [0, 0.05) is 37.8 Å². The molecule has 2 aromatic rings. The van der Waals surface area contributed by atoms with Crippen molar-refractivity contribution in [1.29, 1.82) is 0 Å². The molecule has 4 nitrogen and oxygen atoms in total. The summed E-state index contributed by atoms with van der Waals surface area (Å²) in [5.41, 5.74) is 1.71. The highest BCUT2D eigenvalue weighted by Crippen LogP contribution is 2.20. The molecular formula is C15H19ClFN3O. The summed E-state index contributed by atoms with van der Waals surface area (Å²) >= 11 is 0. The summed E-state index contributed by atoms with van der Waals surface area (Å²) < 4.78 is 18.4. The molecule has 0 amide bonds. The number of nitrogens with zero attached hydrogens (tertiary/aromatic N) is 2. The Balaban J connectivity index is 0.00000161. The van der Waals surface area contributed by atoms with E-state index in [4.69, 9.17) is 4.42 Å². The molecule has 0 spiro atoms. The van der Waals surface area contributed by atoms with Crippen LogP contribution in [0.15, 0.2) is 34.9 Å². The number of aromatic nitrogens is 1. The molecule has 1 fully saturated rings. The first-order chi connectivity index (χ1) is 9.72. The highest BCUT2D eigenvalue weighted by Gasteiger charge is 2.19. The third-order valence-electron chi connectivity index (χ3n) is 3.65. The molecule has 1 N–H and O–H groups in total. The van der Waals surface area contributed by atoms with E-state index >= 15 is 0 Å². The molecular weight excluding hydrogens is 293 g/mol. The van der Waals surface area contributed by atoms with Crippen molar-refractivity contribution in [2.75, 3.05) is 19.6 Å². The normalized spacial score (nSPS) is 19.2. The van der Waals surface area contributed by atoms with Gasteiger partial charge in [0.25, 0.3) is 0 Å². The van der Waals surface area contributed by atoms with Crippen molar-refractivity contribution in [3.63, 3.8) is 0 Å². The topological polar surface area (TPSA) is 41.3 Å². The SMILES string of the molecule is C[C@@H]1CNCCN1Cc1coc(-c2ccc(F)cc2)n1.Cl. The standard InChI is InChI=1S/C15H18FN3O.ClH/c1-11-8-17-6-7-19(11)9-14-10-20-15(18-14)12-2-4-13(16)5-3-12;/h2-5,10-11,17H,6-9H2,1H3;1H/t11-;/m1./s1. The summed E-state index contributed by atoms with van der Waals surface area (Å²) in [6, 6.07) is 6.68. The zero-order valence-electron chi connectivity index (χ0n) is 11.9. The van der Waals surface area contributed by atoms with E-state index < -0.39 is 0 Å². The fourth-order valence-corrected chi connectivity index (χ4v) is 2.43. The van der Waals surface area contributed by atoms with E-state index in [2.05, 4.69) is 22.1 Å². The number of benzene rings is 1. The van der Waals surface area contributed by atoms with Crippen LogP contribution in [-0.2, 0) is 6.54 Å². The van der Waals surface area contributed by atoms with Crippen LogP contribution >= 0.6 is 12.4 Å². The summed E-state index contributed by atoms with van der Waals surface area (Å²) in [4.78, 5) is 6.87. The fraction of sp³-hybridized carbons (Fsp3) is 0.400. The Morgan fingerprint density at radius 3 is 2.86 bits per heavy atom. The molecule has 1 aliphatic rings. The van der Waals surface area contributed by atoms with Crippen molar-refractivity contribution in [2.45, 2.75) is 19.5 Å². The highest BCUT2D eigenvalue weighted by atomic mass is 35.5. The lowest BCUT2D eigenvalue weighted by Gasteiger charge is -2.33. The van der Waals surface area contributed by atoms with Crippen LogP contribution in [0.4, 0.5) is 4.39 Å². The van der Waals surface area contributed by atoms with Crippen LogP contribution in [0.5, 0.6) is 0 Å². The molecule has 0 radical (unpaired) electrons. The summed E-state index contributed by atoms with van der Waals surface area (Å²) in [6.07, 6.45) is 1.69. The molecule has 1 aromatic heterocycles. The van der Waals surface area contributed by atoms with Gasteiger partial charge in [0.2, 0.25) is 5.89 Å². The van der Waals surface area contributed by atoms with Crippen molar-refractivity contribution in [3.05, 3.63) is 42.0 Å². The lowest BCUT2D eigenvalue weighted by molar-refractivity contribution is 0.163. The predicted octanol–water partition coefficient (Wildman–Crippen LogP) is 2.70. The van der Waals surface area contributed by atoms with Gasteiger partial charge in [-0.15, -0.1) is 12.4 Å². The molecule has 1 aliphatic heterocycles. The molecule has 2 heterocycles. The van der Waals surface area contributed by atoms with E-state index in [1.807, 2.05) is 0 Å². The Hall–Kier alpha value is -1.43. The van der Waals surface area contributed by atoms with Crippen LogP contribution in [-0.4, -0.2) is 35.6 Å². The molecule has 0 aliphatic carbocycles. The van der Waals surface area contributed by atoms with Crippen LogP contribution < -0.4 is 5.32 Å². The van der Waals surface area contributed by atoms with Gasteiger partial charge < -0.3 is 9.73 Å². The molecule has 1 saturated heterocycles. The Bertz CT molecular complexity index is 573. The molecule has 3 rings (SSSR count). The van der Waals surface area contributed by atoms with Crippen molar-refractivity contribution < 1.29 is 8.81 Å². The number of hydrogen-bond donors (Lipinski definition) is 1. The van der Waals surface area contributed by atoms with Gasteiger partial charge in [0.1, 0.15) is 12.1 Å². The minimum absolute atomic E-state index is 0. The van der Waals surface area contributed by atoms with Crippen LogP contribution in [0, 0.1) is 5.82 Å². The molecule has 0 bridgehead atoms. The number of rotatable bonds is 3. The first-order valence-electron chi connectivity index (χ1n) is 6.87. The van der Waals surface area contributed by atoms with Crippen LogP contribution in [0.2, 0.25) is 0 Å².